The minimum atomic E-state index is -0.321. The zero-order valence-electron chi connectivity index (χ0n) is 14.9. The first-order valence-corrected chi connectivity index (χ1v) is 8.59. The molecule has 0 fully saturated rings. The van der Waals surface area contributed by atoms with Crippen molar-refractivity contribution in [2.45, 2.75) is 6.54 Å². The van der Waals surface area contributed by atoms with Crippen molar-refractivity contribution in [2.24, 2.45) is 4.99 Å². The second-order valence-electron chi connectivity index (χ2n) is 6.28. The Morgan fingerprint density at radius 1 is 1.32 bits per heavy atom. The molecule has 4 heterocycles. The molecule has 1 aliphatic heterocycles. The summed E-state index contributed by atoms with van der Waals surface area (Å²) in [7, 11) is 1.61. The maximum absolute atomic E-state index is 12.8. The molecule has 1 aromatic carbocycles. The fraction of sp³-hybridized carbons (Fsp3) is 0.105. The minimum absolute atomic E-state index is 0.321. The average molecular weight is 373 g/mol. The second-order valence-corrected chi connectivity index (χ2v) is 6.28. The third-order valence-electron chi connectivity index (χ3n) is 4.63. The predicted molar refractivity (Wildman–Crippen MR) is 103 cm³/mol. The Bertz CT molecular complexity index is 1240. The van der Waals surface area contributed by atoms with Crippen molar-refractivity contribution in [3.63, 3.8) is 0 Å². The lowest BCUT2D eigenvalue weighted by Gasteiger charge is -2.11. The maximum Gasteiger partial charge on any atom is 0.261 e. The molecular weight excluding hydrogens is 358 g/mol. The number of anilines is 1. The Morgan fingerprint density at radius 2 is 2.25 bits per heavy atom. The Balaban J connectivity index is 1.52. The Morgan fingerprint density at radius 3 is 3.14 bits per heavy atom. The molecule has 0 bridgehead atoms. The van der Waals surface area contributed by atoms with E-state index in [1.54, 1.807) is 36.3 Å². The van der Waals surface area contributed by atoms with Crippen LogP contribution in [0.15, 0.2) is 48.0 Å². The van der Waals surface area contributed by atoms with Gasteiger partial charge in [0.1, 0.15) is 11.3 Å². The van der Waals surface area contributed by atoms with Crippen LogP contribution in [0.1, 0.15) is 21.5 Å². The van der Waals surface area contributed by atoms with Gasteiger partial charge < -0.3 is 10.1 Å². The summed E-state index contributed by atoms with van der Waals surface area (Å²) in [5.41, 5.74) is 4.96. The molecule has 4 aromatic rings. The number of carbonyl (C=O) groups excluding carboxylic acids is 1. The van der Waals surface area contributed by atoms with Crippen LogP contribution in [0, 0.1) is 0 Å². The molecule has 0 atom stereocenters. The van der Waals surface area contributed by atoms with Gasteiger partial charge in [-0.05, 0) is 29.3 Å². The van der Waals surface area contributed by atoms with Gasteiger partial charge in [0.05, 0.1) is 37.4 Å². The van der Waals surface area contributed by atoms with Crippen molar-refractivity contribution in [2.75, 3.05) is 12.4 Å². The van der Waals surface area contributed by atoms with E-state index >= 15 is 0 Å². The number of nitrogens with zero attached hydrogens (tertiary/aromatic N) is 5. The van der Waals surface area contributed by atoms with E-state index in [0.717, 1.165) is 16.7 Å². The standard InChI is InChI=1S/C19H15N7O2/c1-28-16-6-12-8-20-7-11(12)5-13(16)17-15(10-22-25-17)24-19(27)14-9-23-26-4-2-3-21-18(14)26/h2-7,9-10H,8H2,1H3,(H,22,25)(H,24,27). The highest BCUT2D eigenvalue weighted by Crippen LogP contribution is 2.36. The van der Waals surface area contributed by atoms with E-state index in [0.29, 0.717) is 34.9 Å². The number of hydrogen-bond acceptors (Lipinski definition) is 6. The van der Waals surface area contributed by atoms with E-state index in [-0.39, 0.29) is 5.91 Å². The molecule has 9 heteroatoms. The van der Waals surface area contributed by atoms with E-state index in [1.807, 2.05) is 18.3 Å². The SMILES string of the molecule is COc1cc2c(cc1-c1[nH]ncc1NC(=O)c1cnn3cccnc13)C=NC2. The number of fused-ring (bicyclic) bond motifs is 2. The minimum Gasteiger partial charge on any atom is -0.496 e. The van der Waals surface area contributed by atoms with Crippen LogP contribution in [0.4, 0.5) is 5.69 Å². The molecule has 138 valence electrons. The number of aromatic amines is 1. The molecule has 5 rings (SSSR count). The van der Waals surface area contributed by atoms with Gasteiger partial charge in [0.2, 0.25) is 0 Å². The largest absolute Gasteiger partial charge is 0.496 e. The van der Waals surface area contributed by atoms with Crippen molar-refractivity contribution in [1.29, 1.82) is 0 Å². The monoisotopic (exact) mass is 373 g/mol. The van der Waals surface area contributed by atoms with Crippen LogP contribution in [0.2, 0.25) is 0 Å². The summed E-state index contributed by atoms with van der Waals surface area (Å²) in [5, 5.41) is 14.1. The zero-order valence-corrected chi connectivity index (χ0v) is 14.9. The highest BCUT2D eigenvalue weighted by Gasteiger charge is 2.20. The third kappa shape index (κ3) is 2.52. The molecule has 0 spiro atoms. The average Bonchev–Trinajstić information content (AvgIpc) is 3.45. The Hall–Kier alpha value is -4.01. The molecule has 28 heavy (non-hydrogen) atoms. The number of methoxy groups -OCH3 is 1. The first-order chi connectivity index (χ1) is 13.7. The first-order valence-electron chi connectivity index (χ1n) is 8.59. The van der Waals surface area contributed by atoms with Gasteiger partial charge in [0, 0.05) is 24.2 Å². The lowest BCUT2D eigenvalue weighted by Crippen LogP contribution is -2.12. The summed E-state index contributed by atoms with van der Waals surface area (Å²) < 4.78 is 7.09. The molecule has 1 amide bonds. The second kappa shape index (κ2) is 6.31. The number of aromatic nitrogens is 5. The van der Waals surface area contributed by atoms with E-state index in [4.69, 9.17) is 4.74 Å². The number of aliphatic imine (C=N–C) groups is 1. The van der Waals surface area contributed by atoms with E-state index < -0.39 is 0 Å². The van der Waals surface area contributed by atoms with Crippen molar-refractivity contribution in [1.82, 2.24) is 24.8 Å². The fourth-order valence-corrected chi connectivity index (χ4v) is 3.27. The van der Waals surface area contributed by atoms with E-state index in [2.05, 4.69) is 30.6 Å². The number of amides is 1. The van der Waals surface area contributed by atoms with Gasteiger partial charge in [0.25, 0.3) is 5.91 Å². The van der Waals surface area contributed by atoms with Crippen LogP contribution in [0.3, 0.4) is 0 Å². The van der Waals surface area contributed by atoms with Crippen LogP contribution in [0.5, 0.6) is 5.75 Å². The quantitative estimate of drug-likeness (QED) is 0.570. The maximum atomic E-state index is 12.8. The Labute approximate surface area is 159 Å². The number of benzene rings is 1. The van der Waals surface area contributed by atoms with Gasteiger partial charge in [-0.1, -0.05) is 0 Å². The normalized spacial score (nSPS) is 12.3. The number of H-pyrrole nitrogens is 1. The third-order valence-corrected chi connectivity index (χ3v) is 4.63. The molecule has 0 aliphatic carbocycles. The van der Waals surface area contributed by atoms with E-state index in [1.165, 1.54) is 6.20 Å². The number of rotatable bonds is 4. The Kier molecular flexibility index (Phi) is 3.64. The van der Waals surface area contributed by atoms with Gasteiger partial charge in [0.15, 0.2) is 5.65 Å². The van der Waals surface area contributed by atoms with Gasteiger partial charge in [-0.25, -0.2) is 9.50 Å². The summed E-state index contributed by atoms with van der Waals surface area (Å²) in [6.45, 7) is 0.639. The first kappa shape index (κ1) is 16.2. The summed E-state index contributed by atoms with van der Waals surface area (Å²) in [4.78, 5) is 21.3. The van der Waals surface area contributed by atoms with Gasteiger partial charge in [-0.15, -0.1) is 0 Å². The summed E-state index contributed by atoms with van der Waals surface area (Å²) in [6, 6.07) is 5.68. The smallest absolute Gasteiger partial charge is 0.261 e. The van der Waals surface area contributed by atoms with Crippen LogP contribution >= 0.6 is 0 Å². The molecule has 9 nitrogen and oxygen atoms in total. The fourth-order valence-electron chi connectivity index (χ4n) is 3.27. The highest BCUT2D eigenvalue weighted by molar-refractivity contribution is 6.09. The zero-order chi connectivity index (χ0) is 19.1. The molecule has 3 aromatic heterocycles. The summed E-state index contributed by atoms with van der Waals surface area (Å²) >= 11 is 0. The molecule has 0 radical (unpaired) electrons. The summed E-state index contributed by atoms with van der Waals surface area (Å²) in [6.07, 6.45) is 8.24. The lowest BCUT2D eigenvalue weighted by atomic mass is 10.0. The topological polar surface area (TPSA) is 110 Å². The molecule has 0 saturated carbocycles. The van der Waals surface area contributed by atoms with Crippen molar-refractivity contribution in [3.8, 4) is 17.0 Å². The molecular formula is C19H15N7O2. The number of ether oxygens (including phenoxy) is 1. The number of hydrogen-bond donors (Lipinski definition) is 2. The van der Waals surface area contributed by atoms with Crippen molar-refractivity contribution < 1.29 is 9.53 Å². The van der Waals surface area contributed by atoms with Crippen LogP contribution < -0.4 is 10.1 Å². The molecule has 2 N–H and O–H groups in total. The lowest BCUT2D eigenvalue weighted by molar-refractivity contribution is 0.102. The van der Waals surface area contributed by atoms with Gasteiger partial charge >= 0.3 is 0 Å². The van der Waals surface area contributed by atoms with Gasteiger partial charge in [-0.3, -0.25) is 14.9 Å². The van der Waals surface area contributed by atoms with Crippen molar-refractivity contribution >= 4 is 23.5 Å². The molecule has 0 unspecified atom stereocenters. The molecule has 1 aliphatic rings. The van der Waals surface area contributed by atoms with Gasteiger partial charge in [-0.2, -0.15) is 10.2 Å². The van der Waals surface area contributed by atoms with Crippen LogP contribution in [-0.4, -0.2) is 44.0 Å². The van der Waals surface area contributed by atoms with Crippen LogP contribution in [0.25, 0.3) is 16.9 Å². The highest BCUT2D eigenvalue weighted by atomic mass is 16.5. The number of carbonyl (C=O) groups is 1. The number of nitrogens with one attached hydrogen (secondary N) is 2. The molecule has 0 saturated heterocycles. The van der Waals surface area contributed by atoms with Crippen LogP contribution in [-0.2, 0) is 6.54 Å². The van der Waals surface area contributed by atoms with E-state index in [9.17, 15) is 4.79 Å². The predicted octanol–water partition coefficient (Wildman–Crippen LogP) is 2.31. The van der Waals surface area contributed by atoms with Crippen molar-refractivity contribution in [3.05, 3.63) is 59.7 Å². The summed E-state index contributed by atoms with van der Waals surface area (Å²) in [5.74, 6) is 0.361.